The molecule has 1 aliphatic heterocycles. The average Bonchev–Trinajstić information content (AvgIpc) is 3.20. The van der Waals surface area contributed by atoms with E-state index in [0.29, 0.717) is 29.7 Å². The van der Waals surface area contributed by atoms with Crippen molar-refractivity contribution in [1.29, 1.82) is 0 Å². The standard InChI is InChI=1S/C24H34N5O9P/c1-23(13-36-2,39(33,34)35)37-12-16-18(30)19(31)22(38-16)29-21-15(11-25-29)20(26-14-5-3-4-6-14)27-17(28-21)7-8-24(32)9-10-24/h11,14,16,18-19,22,30-32H,3-6,9-10,12-13H2,1-2H3,(H,26,27,28)(H2,33,34,35)/t16-,18-,19-,22-,23?/m1/s1. The van der Waals surface area contributed by atoms with Crippen LogP contribution in [0.2, 0.25) is 0 Å². The fraction of sp³-hybridized carbons (Fsp3) is 0.708. The molecule has 0 aromatic carbocycles. The maximum absolute atomic E-state index is 12.0. The minimum absolute atomic E-state index is 0.162. The smallest absolute Gasteiger partial charge is 0.359 e. The topological polar surface area (TPSA) is 202 Å². The molecule has 1 unspecified atom stereocenters. The van der Waals surface area contributed by atoms with Gasteiger partial charge in [-0.2, -0.15) is 5.10 Å². The number of nitrogens with zero attached hydrogens (tertiary/aromatic N) is 4. The number of aliphatic hydroxyl groups is 3. The van der Waals surface area contributed by atoms with Gasteiger partial charge in [-0.25, -0.2) is 14.6 Å². The monoisotopic (exact) mass is 567 g/mol. The van der Waals surface area contributed by atoms with E-state index in [9.17, 15) is 29.7 Å². The lowest BCUT2D eigenvalue weighted by Crippen LogP contribution is -2.40. The van der Waals surface area contributed by atoms with E-state index in [1.807, 2.05) is 0 Å². The number of rotatable bonds is 9. The molecular weight excluding hydrogens is 533 g/mol. The molecule has 0 bridgehead atoms. The Morgan fingerprint density at radius 1 is 1.26 bits per heavy atom. The van der Waals surface area contributed by atoms with Crippen LogP contribution in [0.5, 0.6) is 0 Å². The number of nitrogens with one attached hydrogen (secondary N) is 1. The fourth-order valence-corrected chi connectivity index (χ4v) is 5.31. The van der Waals surface area contributed by atoms with Crippen molar-refractivity contribution in [2.24, 2.45) is 0 Å². The molecule has 3 aliphatic rings. The zero-order valence-electron chi connectivity index (χ0n) is 21.7. The van der Waals surface area contributed by atoms with E-state index in [-0.39, 0.29) is 11.9 Å². The van der Waals surface area contributed by atoms with Gasteiger partial charge < -0.3 is 44.6 Å². The van der Waals surface area contributed by atoms with E-state index in [1.54, 1.807) is 0 Å². The van der Waals surface area contributed by atoms with Crippen LogP contribution in [0, 0.1) is 11.8 Å². The number of fused-ring (bicyclic) bond motifs is 1. The molecule has 15 heteroatoms. The Labute approximate surface area is 224 Å². The molecule has 2 saturated carbocycles. The molecule has 5 atom stereocenters. The molecule has 1 saturated heterocycles. The molecule has 214 valence electrons. The van der Waals surface area contributed by atoms with E-state index in [0.717, 1.165) is 25.7 Å². The number of hydrogen-bond donors (Lipinski definition) is 6. The zero-order valence-corrected chi connectivity index (χ0v) is 22.6. The van der Waals surface area contributed by atoms with Crippen LogP contribution in [0.3, 0.4) is 0 Å². The number of methoxy groups -OCH3 is 1. The van der Waals surface area contributed by atoms with Gasteiger partial charge in [-0.15, -0.1) is 0 Å². The van der Waals surface area contributed by atoms with Gasteiger partial charge in [0.25, 0.3) is 0 Å². The molecule has 5 rings (SSSR count). The third-order valence-electron chi connectivity index (χ3n) is 7.45. The second-order valence-corrected chi connectivity index (χ2v) is 12.7. The average molecular weight is 568 g/mol. The van der Waals surface area contributed by atoms with Crippen LogP contribution in [0.25, 0.3) is 11.0 Å². The van der Waals surface area contributed by atoms with Gasteiger partial charge in [0.2, 0.25) is 5.82 Å². The van der Waals surface area contributed by atoms with Crippen molar-refractivity contribution in [3.63, 3.8) is 0 Å². The molecule has 3 heterocycles. The number of anilines is 1. The minimum atomic E-state index is -4.75. The molecular formula is C24H34N5O9P. The molecule has 14 nitrogen and oxygen atoms in total. The Morgan fingerprint density at radius 3 is 2.62 bits per heavy atom. The van der Waals surface area contributed by atoms with Gasteiger partial charge in [-0.3, -0.25) is 4.57 Å². The van der Waals surface area contributed by atoms with Crippen molar-refractivity contribution in [2.45, 2.75) is 87.0 Å². The summed E-state index contributed by atoms with van der Waals surface area (Å²) >= 11 is 0. The molecule has 6 N–H and O–H groups in total. The number of hydrogen-bond acceptors (Lipinski definition) is 11. The van der Waals surface area contributed by atoms with Crippen molar-refractivity contribution in [2.75, 3.05) is 25.6 Å². The lowest BCUT2D eigenvalue weighted by Gasteiger charge is -2.31. The molecule has 39 heavy (non-hydrogen) atoms. The van der Waals surface area contributed by atoms with Crippen molar-refractivity contribution < 1.29 is 43.9 Å². The van der Waals surface area contributed by atoms with Crippen molar-refractivity contribution in [3.8, 4) is 11.8 Å². The summed E-state index contributed by atoms with van der Waals surface area (Å²) in [7, 11) is -3.47. The summed E-state index contributed by atoms with van der Waals surface area (Å²) < 4.78 is 29.6. The van der Waals surface area contributed by atoms with E-state index in [1.165, 1.54) is 24.9 Å². The quantitative estimate of drug-likeness (QED) is 0.178. The predicted molar refractivity (Wildman–Crippen MR) is 136 cm³/mol. The molecule has 2 aliphatic carbocycles. The summed E-state index contributed by atoms with van der Waals surface area (Å²) in [6.45, 7) is 0.365. The van der Waals surface area contributed by atoms with Gasteiger partial charge in [0, 0.05) is 13.2 Å². The molecule has 2 aromatic rings. The first-order valence-corrected chi connectivity index (χ1v) is 14.5. The maximum Gasteiger partial charge on any atom is 0.359 e. The molecule has 0 amide bonds. The number of aromatic nitrogens is 4. The van der Waals surface area contributed by atoms with Gasteiger partial charge >= 0.3 is 7.60 Å². The first-order valence-electron chi connectivity index (χ1n) is 12.9. The van der Waals surface area contributed by atoms with Crippen molar-refractivity contribution in [3.05, 3.63) is 12.0 Å². The number of ether oxygens (including phenoxy) is 3. The first-order chi connectivity index (χ1) is 18.4. The second-order valence-electron chi connectivity index (χ2n) is 10.6. The Hall–Kier alpha value is -2.18. The summed E-state index contributed by atoms with van der Waals surface area (Å²) in [5.41, 5.74) is -0.723. The summed E-state index contributed by atoms with van der Waals surface area (Å²) in [5, 5.41) is 38.1. The third kappa shape index (κ3) is 5.83. The van der Waals surface area contributed by atoms with Gasteiger partial charge in [0.1, 0.15) is 29.7 Å². The summed E-state index contributed by atoms with van der Waals surface area (Å²) in [6, 6.07) is 0.229. The highest BCUT2D eigenvalue weighted by molar-refractivity contribution is 7.53. The van der Waals surface area contributed by atoms with Gasteiger partial charge in [-0.1, -0.05) is 18.8 Å². The Bertz CT molecular complexity index is 1310. The highest BCUT2D eigenvalue weighted by Crippen LogP contribution is 2.51. The molecule has 3 fully saturated rings. The zero-order chi connectivity index (χ0) is 28.0. The highest BCUT2D eigenvalue weighted by Gasteiger charge is 2.49. The van der Waals surface area contributed by atoms with Crippen molar-refractivity contribution in [1.82, 2.24) is 19.7 Å². The van der Waals surface area contributed by atoms with E-state index >= 15 is 0 Å². The first kappa shape index (κ1) is 28.4. The van der Waals surface area contributed by atoms with Crippen LogP contribution in [-0.2, 0) is 18.8 Å². The Kier molecular flexibility index (Phi) is 7.75. The summed E-state index contributed by atoms with van der Waals surface area (Å²) in [4.78, 5) is 28.5. The SMILES string of the molecule is COCC(C)(OC[C@H]1O[C@@H](n2ncc3c(NC4CCCC4)nc(C#CC4(O)CC4)nc32)[C@H](O)[C@@H]1O)P(=O)(O)O. The fourth-order valence-electron chi connectivity index (χ4n) is 4.77. The number of aliphatic hydroxyl groups excluding tert-OH is 2. The lowest BCUT2D eigenvalue weighted by molar-refractivity contribution is -0.107. The van der Waals surface area contributed by atoms with E-state index in [4.69, 9.17) is 14.2 Å². The molecule has 0 spiro atoms. The second kappa shape index (κ2) is 10.7. The van der Waals surface area contributed by atoms with Gasteiger partial charge in [0.15, 0.2) is 17.2 Å². The largest absolute Gasteiger partial charge is 0.387 e. The molecule has 0 radical (unpaired) electrons. The maximum atomic E-state index is 12.0. The van der Waals surface area contributed by atoms with Gasteiger partial charge in [-0.05, 0) is 38.5 Å². The van der Waals surface area contributed by atoms with Crippen LogP contribution in [0.4, 0.5) is 5.82 Å². The lowest BCUT2D eigenvalue weighted by atomic mass is 10.1. The normalized spacial score (nSPS) is 28.3. The van der Waals surface area contributed by atoms with Crippen LogP contribution >= 0.6 is 7.60 Å². The van der Waals surface area contributed by atoms with Crippen molar-refractivity contribution >= 4 is 24.4 Å². The summed E-state index contributed by atoms with van der Waals surface area (Å²) in [6.07, 6.45) is 1.71. The Balaban J connectivity index is 1.43. The highest BCUT2D eigenvalue weighted by atomic mass is 31.2. The van der Waals surface area contributed by atoms with Crippen LogP contribution in [-0.4, -0.2) is 100 Å². The van der Waals surface area contributed by atoms with Gasteiger partial charge in [0.05, 0.1) is 24.8 Å². The minimum Gasteiger partial charge on any atom is -0.387 e. The van der Waals surface area contributed by atoms with Crippen LogP contribution in [0.15, 0.2) is 6.20 Å². The summed E-state index contributed by atoms with van der Waals surface area (Å²) in [5.74, 6) is 6.33. The van der Waals surface area contributed by atoms with E-state index in [2.05, 4.69) is 32.2 Å². The van der Waals surface area contributed by atoms with E-state index < -0.39 is 56.3 Å². The predicted octanol–water partition coefficient (Wildman–Crippen LogP) is 0.233. The Morgan fingerprint density at radius 2 is 1.97 bits per heavy atom. The van der Waals surface area contributed by atoms with Crippen LogP contribution < -0.4 is 5.32 Å². The van der Waals surface area contributed by atoms with Crippen LogP contribution in [0.1, 0.15) is 57.5 Å². The third-order valence-corrected chi connectivity index (χ3v) is 8.94. The molecule has 2 aromatic heterocycles.